The Labute approximate surface area is 171 Å². The summed E-state index contributed by atoms with van der Waals surface area (Å²) >= 11 is 2.61. The summed E-state index contributed by atoms with van der Waals surface area (Å²) in [6.45, 7) is 2.08. The number of hydrogen-bond acceptors (Lipinski definition) is 6. The van der Waals surface area contributed by atoms with Gasteiger partial charge in [0, 0.05) is 16.6 Å². The summed E-state index contributed by atoms with van der Waals surface area (Å²) in [6, 6.07) is 1.50. The highest BCUT2D eigenvalue weighted by Gasteiger charge is 2.25. The number of primary amides is 1. The fourth-order valence-corrected chi connectivity index (χ4v) is 5.25. The number of rotatable bonds is 8. The molecule has 150 valence electrons. The van der Waals surface area contributed by atoms with Gasteiger partial charge in [0.05, 0.1) is 11.3 Å². The van der Waals surface area contributed by atoms with Crippen molar-refractivity contribution in [1.82, 2.24) is 9.97 Å². The number of thiophene rings is 1. The van der Waals surface area contributed by atoms with Gasteiger partial charge in [-0.15, -0.1) is 11.3 Å². The largest absolute Gasteiger partial charge is 0.365 e. The van der Waals surface area contributed by atoms with Crippen molar-refractivity contribution < 1.29 is 9.59 Å². The number of nitrogens with two attached hydrogens (primary N) is 1. The van der Waals surface area contributed by atoms with Crippen LogP contribution in [0.1, 0.15) is 59.1 Å². The number of carbonyl (C=O) groups is 2. The van der Waals surface area contributed by atoms with E-state index in [0.717, 1.165) is 61.1 Å². The second-order valence-corrected chi connectivity index (χ2v) is 8.83. The lowest BCUT2D eigenvalue weighted by atomic mass is 9.95. The van der Waals surface area contributed by atoms with E-state index >= 15 is 0 Å². The third kappa shape index (κ3) is 5.02. The van der Waals surface area contributed by atoms with Gasteiger partial charge in [0.1, 0.15) is 5.00 Å². The van der Waals surface area contributed by atoms with Crippen LogP contribution in [0.5, 0.6) is 0 Å². The van der Waals surface area contributed by atoms with Crippen LogP contribution in [-0.4, -0.2) is 27.5 Å². The summed E-state index contributed by atoms with van der Waals surface area (Å²) in [5.74, 6) is -0.675. The number of thioether (sulfide) groups is 1. The van der Waals surface area contributed by atoms with E-state index in [4.69, 9.17) is 5.73 Å². The number of nitrogens with one attached hydrogen (secondary N) is 2. The minimum atomic E-state index is -0.503. The number of aromatic nitrogens is 2. The Morgan fingerprint density at radius 1 is 1.36 bits per heavy atom. The quantitative estimate of drug-likeness (QED) is 0.448. The van der Waals surface area contributed by atoms with Crippen molar-refractivity contribution in [1.29, 1.82) is 0 Å². The third-order valence-corrected chi connectivity index (χ3v) is 6.65. The van der Waals surface area contributed by atoms with E-state index in [2.05, 4.69) is 22.2 Å². The monoisotopic (exact) mass is 420 g/mol. The first-order chi connectivity index (χ1) is 13.5. The highest BCUT2D eigenvalue weighted by atomic mass is 32.2. The van der Waals surface area contributed by atoms with Crippen LogP contribution >= 0.6 is 23.1 Å². The van der Waals surface area contributed by atoms with Crippen molar-refractivity contribution in [3.8, 4) is 0 Å². The first kappa shape index (κ1) is 20.6. The predicted octanol–water partition coefficient (Wildman–Crippen LogP) is 2.88. The summed E-state index contributed by atoms with van der Waals surface area (Å²) in [7, 11) is 0. The second kappa shape index (κ2) is 9.38. The first-order valence-corrected chi connectivity index (χ1v) is 11.3. The molecule has 0 saturated carbocycles. The number of anilines is 1. The molecule has 2 aromatic rings. The molecule has 0 unspecified atom stereocenters. The first-order valence-electron chi connectivity index (χ1n) is 9.45. The number of nitrogens with zero attached hydrogens (tertiary/aromatic N) is 1. The van der Waals surface area contributed by atoms with Gasteiger partial charge in [-0.3, -0.25) is 14.4 Å². The fraction of sp³-hybridized carbons (Fsp3) is 0.474. The van der Waals surface area contributed by atoms with Crippen molar-refractivity contribution in [3.63, 3.8) is 0 Å². The fourth-order valence-electron chi connectivity index (χ4n) is 3.25. The van der Waals surface area contributed by atoms with E-state index in [-0.39, 0.29) is 17.2 Å². The molecule has 1 aliphatic rings. The van der Waals surface area contributed by atoms with Crippen molar-refractivity contribution in [2.75, 3.05) is 11.1 Å². The Kier molecular flexibility index (Phi) is 6.90. The molecule has 0 radical (unpaired) electrons. The molecule has 7 nitrogen and oxygen atoms in total. The van der Waals surface area contributed by atoms with Gasteiger partial charge in [-0.1, -0.05) is 25.1 Å². The number of fused-ring (bicyclic) bond motifs is 1. The molecule has 4 N–H and O–H groups in total. The topological polar surface area (TPSA) is 118 Å². The van der Waals surface area contributed by atoms with Gasteiger partial charge in [0.25, 0.3) is 11.5 Å². The van der Waals surface area contributed by atoms with E-state index in [9.17, 15) is 14.4 Å². The highest BCUT2D eigenvalue weighted by molar-refractivity contribution is 7.99. The normalized spacial score (nSPS) is 13.2. The second-order valence-electron chi connectivity index (χ2n) is 6.76. The van der Waals surface area contributed by atoms with Gasteiger partial charge >= 0.3 is 0 Å². The maximum Gasteiger partial charge on any atom is 0.251 e. The SMILES string of the molecule is CCCCc1cc(=O)[nH]c(SCC(=O)Nc2sc3c(c2C(N)=O)CCCC3)n1. The number of aromatic amines is 1. The van der Waals surface area contributed by atoms with Crippen LogP contribution in [0.15, 0.2) is 16.0 Å². The summed E-state index contributed by atoms with van der Waals surface area (Å²) in [4.78, 5) is 44.3. The van der Waals surface area contributed by atoms with Gasteiger partial charge in [-0.05, 0) is 44.1 Å². The molecule has 0 fully saturated rings. The van der Waals surface area contributed by atoms with Gasteiger partial charge in [-0.2, -0.15) is 0 Å². The third-order valence-electron chi connectivity index (χ3n) is 4.57. The Morgan fingerprint density at radius 2 is 2.14 bits per heavy atom. The van der Waals surface area contributed by atoms with E-state index in [1.807, 2.05) is 0 Å². The zero-order valence-electron chi connectivity index (χ0n) is 15.8. The van der Waals surface area contributed by atoms with Crippen molar-refractivity contribution in [2.45, 2.75) is 57.0 Å². The van der Waals surface area contributed by atoms with Crippen molar-refractivity contribution in [3.05, 3.63) is 38.1 Å². The molecule has 2 heterocycles. The summed E-state index contributed by atoms with van der Waals surface area (Å²) in [5, 5.41) is 3.78. The predicted molar refractivity (Wildman–Crippen MR) is 112 cm³/mol. The zero-order valence-corrected chi connectivity index (χ0v) is 17.4. The molecule has 0 spiro atoms. The van der Waals surface area contributed by atoms with Crippen LogP contribution in [0.2, 0.25) is 0 Å². The zero-order chi connectivity index (χ0) is 20.1. The standard InChI is InChI=1S/C19H24N4O3S2/c1-2-3-6-11-9-14(24)23-19(21-11)27-10-15(25)22-18-16(17(20)26)12-7-4-5-8-13(12)28-18/h9H,2-8,10H2,1H3,(H2,20,26)(H,22,25)(H,21,23,24). The molecule has 0 bridgehead atoms. The van der Waals surface area contributed by atoms with E-state index in [0.29, 0.717) is 15.7 Å². The lowest BCUT2D eigenvalue weighted by Gasteiger charge is -2.11. The Bertz CT molecular complexity index is 936. The molecule has 0 aliphatic heterocycles. The Balaban J connectivity index is 1.67. The minimum absolute atomic E-state index is 0.0843. The number of carbonyl (C=O) groups excluding carboxylic acids is 2. The number of aryl methyl sites for hydroxylation is 2. The van der Waals surface area contributed by atoms with Gasteiger partial charge in [-0.25, -0.2) is 4.98 Å². The average molecular weight is 421 g/mol. The smallest absolute Gasteiger partial charge is 0.251 e. The molecule has 2 aromatic heterocycles. The van der Waals surface area contributed by atoms with Crippen LogP contribution < -0.4 is 16.6 Å². The lowest BCUT2D eigenvalue weighted by molar-refractivity contribution is -0.113. The number of H-pyrrole nitrogens is 1. The highest BCUT2D eigenvalue weighted by Crippen LogP contribution is 2.37. The average Bonchev–Trinajstić information content (AvgIpc) is 3.02. The molecule has 2 amide bonds. The van der Waals surface area contributed by atoms with Crippen LogP contribution in [0.25, 0.3) is 0 Å². The summed E-state index contributed by atoms with van der Waals surface area (Å²) in [5.41, 5.74) is 7.51. The van der Waals surface area contributed by atoms with E-state index in [1.54, 1.807) is 0 Å². The number of hydrogen-bond donors (Lipinski definition) is 3. The molecule has 0 atom stereocenters. The molecule has 0 aromatic carbocycles. The molecular weight excluding hydrogens is 396 g/mol. The Morgan fingerprint density at radius 3 is 2.89 bits per heavy atom. The number of unbranched alkanes of at least 4 members (excludes halogenated alkanes) is 1. The lowest BCUT2D eigenvalue weighted by Crippen LogP contribution is -2.19. The van der Waals surface area contributed by atoms with Crippen LogP contribution in [0, 0.1) is 0 Å². The molecular formula is C19H24N4O3S2. The van der Waals surface area contributed by atoms with E-state index < -0.39 is 5.91 Å². The maximum absolute atomic E-state index is 12.4. The van der Waals surface area contributed by atoms with Crippen LogP contribution in [0.4, 0.5) is 5.00 Å². The molecule has 0 saturated heterocycles. The summed E-state index contributed by atoms with van der Waals surface area (Å²) in [6.07, 6.45) is 6.57. The molecule has 3 rings (SSSR count). The van der Waals surface area contributed by atoms with Crippen LogP contribution in [-0.2, 0) is 24.1 Å². The minimum Gasteiger partial charge on any atom is -0.365 e. The van der Waals surface area contributed by atoms with Crippen molar-refractivity contribution >= 4 is 39.9 Å². The van der Waals surface area contributed by atoms with Crippen LogP contribution in [0.3, 0.4) is 0 Å². The van der Waals surface area contributed by atoms with E-state index in [1.165, 1.54) is 29.2 Å². The molecule has 1 aliphatic carbocycles. The molecule has 9 heteroatoms. The van der Waals surface area contributed by atoms with Crippen molar-refractivity contribution in [2.24, 2.45) is 5.73 Å². The summed E-state index contributed by atoms with van der Waals surface area (Å²) < 4.78 is 0. The van der Waals surface area contributed by atoms with Gasteiger partial charge in [0.2, 0.25) is 5.91 Å². The number of amides is 2. The molecule has 28 heavy (non-hydrogen) atoms. The van der Waals surface area contributed by atoms with Gasteiger partial charge in [0.15, 0.2) is 5.16 Å². The van der Waals surface area contributed by atoms with Gasteiger partial charge < -0.3 is 16.0 Å². The Hall–Kier alpha value is -2.13. The maximum atomic E-state index is 12.4.